The Morgan fingerprint density at radius 3 is 1.44 bits per heavy atom. The van der Waals surface area contributed by atoms with Crippen molar-refractivity contribution in [1.29, 1.82) is 0 Å². The maximum absolute atomic E-state index is 6.52. The lowest BCUT2D eigenvalue weighted by molar-refractivity contribution is -0.313. The Bertz CT molecular complexity index is 899. The van der Waals surface area contributed by atoms with Crippen molar-refractivity contribution in [3.8, 4) is 0 Å². The van der Waals surface area contributed by atoms with E-state index in [-0.39, 0.29) is 18.3 Å². The Kier molecular flexibility index (Phi) is 9.91. The topological polar surface area (TPSA) is 46.2 Å². The molecule has 0 saturated carbocycles. The number of benzene rings is 3. The molecule has 0 aliphatic carbocycles. The average molecular weight is 574 g/mol. The van der Waals surface area contributed by atoms with Crippen molar-refractivity contribution in [3.05, 3.63) is 108 Å². The summed E-state index contributed by atoms with van der Waals surface area (Å²) in [4.78, 5) is 0. The lowest BCUT2D eigenvalue weighted by atomic mass is 9.98. The second-order valence-corrected chi connectivity index (χ2v) is 9.10. The summed E-state index contributed by atoms with van der Waals surface area (Å²) in [5.74, 6) is 0. The van der Waals surface area contributed by atoms with Crippen LogP contribution in [0.2, 0.25) is 0 Å². The lowest BCUT2D eigenvalue weighted by Gasteiger charge is -2.45. The molecule has 6 heteroatoms. The zero-order chi connectivity index (χ0) is 23.6. The molecule has 180 valence electrons. The Balaban J connectivity index is 1.56. The third-order valence-electron chi connectivity index (χ3n) is 5.83. The van der Waals surface area contributed by atoms with Crippen LogP contribution in [0.15, 0.2) is 91.0 Å². The number of halogens is 1. The molecular weight excluding hydrogens is 543 g/mol. The molecule has 1 aliphatic rings. The summed E-state index contributed by atoms with van der Waals surface area (Å²) in [7, 11) is 1.65. The molecule has 3 aromatic carbocycles. The smallest absolute Gasteiger partial charge is 0.186 e. The fraction of sp³-hybridized carbons (Fsp3) is 0.357. The second-order valence-electron chi connectivity index (χ2n) is 8.22. The van der Waals surface area contributed by atoms with E-state index in [4.69, 9.17) is 23.7 Å². The molecule has 0 bridgehead atoms. The number of rotatable bonds is 11. The van der Waals surface area contributed by atoms with Crippen LogP contribution in [0.1, 0.15) is 16.7 Å². The van der Waals surface area contributed by atoms with Gasteiger partial charge in [-0.05, 0) is 16.7 Å². The van der Waals surface area contributed by atoms with Crippen LogP contribution < -0.4 is 0 Å². The van der Waals surface area contributed by atoms with Gasteiger partial charge in [-0.2, -0.15) is 0 Å². The van der Waals surface area contributed by atoms with Gasteiger partial charge in [-0.3, -0.25) is 0 Å². The van der Waals surface area contributed by atoms with Crippen LogP contribution in [0.5, 0.6) is 0 Å². The van der Waals surface area contributed by atoms with Gasteiger partial charge in [0.15, 0.2) is 6.29 Å². The average Bonchev–Trinajstić information content (AvgIpc) is 2.91. The van der Waals surface area contributed by atoms with E-state index in [1.807, 2.05) is 66.7 Å². The monoisotopic (exact) mass is 574 g/mol. The molecule has 5 atom stereocenters. The molecule has 1 saturated heterocycles. The van der Waals surface area contributed by atoms with Crippen LogP contribution in [0, 0.1) is 0 Å². The number of methoxy groups -OCH3 is 1. The van der Waals surface area contributed by atoms with Crippen molar-refractivity contribution in [2.45, 2.75) is 50.5 Å². The van der Waals surface area contributed by atoms with Crippen molar-refractivity contribution in [1.82, 2.24) is 0 Å². The van der Waals surface area contributed by atoms with Gasteiger partial charge in [0, 0.05) is 11.5 Å². The van der Waals surface area contributed by atoms with Gasteiger partial charge >= 0.3 is 0 Å². The van der Waals surface area contributed by atoms with Gasteiger partial charge in [0.2, 0.25) is 0 Å². The van der Waals surface area contributed by atoms with Crippen LogP contribution in [0.3, 0.4) is 0 Å². The van der Waals surface area contributed by atoms with Crippen molar-refractivity contribution in [2.24, 2.45) is 0 Å². The van der Waals surface area contributed by atoms with Gasteiger partial charge in [-0.25, -0.2) is 0 Å². The van der Waals surface area contributed by atoms with E-state index in [1.165, 1.54) is 0 Å². The predicted molar refractivity (Wildman–Crippen MR) is 140 cm³/mol. The molecule has 0 N–H and O–H groups in total. The molecule has 0 spiro atoms. The normalized spacial score (nSPS) is 24.7. The fourth-order valence-electron chi connectivity index (χ4n) is 4.06. The van der Waals surface area contributed by atoms with Gasteiger partial charge in [0.1, 0.15) is 18.3 Å². The molecule has 0 aromatic heterocycles. The SMILES string of the molecule is CO[C@H]1O[C@H](CI)[C@@H](OCc2ccccc2)[C@H](OCc2ccccc2)[C@@H]1OCc1ccccc1. The molecule has 5 nitrogen and oxygen atoms in total. The Labute approximate surface area is 215 Å². The molecule has 0 unspecified atom stereocenters. The third-order valence-corrected chi connectivity index (χ3v) is 6.70. The van der Waals surface area contributed by atoms with Crippen LogP contribution in [0.4, 0.5) is 0 Å². The van der Waals surface area contributed by atoms with E-state index in [0.717, 1.165) is 21.1 Å². The van der Waals surface area contributed by atoms with E-state index in [9.17, 15) is 0 Å². The molecule has 1 fully saturated rings. The Morgan fingerprint density at radius 1 is 0.618 bits per heavy atom. The molecule has 34 heavy (non-hydrogen) atoms. The highest BCUT2D eigenvalue weighted by Crippen LogP contribution is 2.31. The third kappa shape index (κ3) is 6.87. The number of ether oxygens (including phenoxy) is 5. The predicted octanol–water partition coefficient (Wildman–Crippen LogP) is 5.55. The minimum absolute atomic E-state index is 0.188. The first-order valence-corrected chi connectivity index (χ1v) is 13.0. The fourth-order valence-corrected chi connectivity index (χ4v) is 4.77. The van der Waals surface area contributed by atoms with Gasteiger partial charge in [0.25, 0.3) is 0 Å². The summed E-state index contributed by atoms with van der Waals surface area (Å²) in [6, 6.07) is 30.4. The minimum atomic E-state index is -0.555. The number of hydrogen-bond donors (Lipinski definition) is 0. The van der Waals surface area contributed by atoms with Crippen molar-refractivity contribution >= 4 is 22.6 Å². The van der Waals surface area contributed by atoms with Crippen molar-refractivity contribution < 1.29 is 23.7 Å². The standard InChI is InChI=1S/C28H31IO5/c1-30-28-27(33-20-23-15-9-4-10-16-23)26(32-19-22-13-7-3-8-14-22)25(24(17-29)34-28)31-18-21-11-5-2-6-12-21/h2-16,24-28H,17-20H2,1H3/t24-,25-,26+,27+,28+/m1/s1. The quantitative estimate of drug-likeness (QED) is 0.222. The summed E-state index contributed by atoms with van der Waals surface area (Å²) in [6.45, 7) is 1.35. The molecule has 0 amide bonds. The van der Waals surface area contributed by atoms with E-state index < -0.39 is 12.4 Å². The minimum Gasteiger partial charge on any atom is -0.368 e. The van der Waals surface area contributed by atoms with E-state index in [2.05, 4.69) is 46.9 Å². The van der Waals surface area contributed by atoms with Gasteiger partial charge in [0.05, 0.1) is 25.9 Å². The summed E-state index contributed by atoms with van der Waals surface area (Å²) in [6.07, 6.45) is -1.87. The molecule has 4 rings (SSSR count). The summed E-state index contributed by atoms with van der Waals surface area (Å²) in [5, 5.41) is 0. The first kappa shape index (κ1) is 25.3. The van der Waals surface area contributed by atoms with Crippen LogP contribution >= 0.6 is 22.6 Å². The first-order chi connectivity index (χ1) is 16.8. The zero-order valence-corrected chi connectivity index (χ0v) is 21.5. The summed E-state index contributed by atoms with van der Waals surface area (Å²) >= 11 is 2.33. The van der Waals surface area contributed by atoms with Crippen LogP contribution in [-0.2, 0) is 43.5 Å². The summed E-state index contributed by atoms with van der Waals surface area (Å²) in [5.41, 5.74) is 3.28. The largest absolute Gasteiger partial charge is 0.368 e. The Morgan fingerprint density at radius 2 is 1.03 bits per heavy atom. The van der Waals surface area contributed by atoms with E-state index in [1.54, 1.807) is 7.11 Å². The summed E-state index contributed by atoms with van der Waals surface area (Å²) < 4.78 is 32.2. The number of hydrogen-bond acceptors (Lipinski definition) is 5. The zero-order valence-electron chi connectivity index (χ0n) is 19.3. The van der Waals surface area contributed by atoms with Gasteiger partial charge in [-0.1, -0.05) is 114 Å². The van der Waals surface area contributed by atoms with E-state index >= 15 is 0 Å². The maximum Gasteiger partial charge on any atom is 0.186 e. The Hall–Kier alpha value is -1.81. The molecule has 3 aromatic rings. The highest BCUT2D eigenvalue weighted by molar-refractivity contribution is 14.1. The van der Waals surface area contributed by atoms with Crippen molar-refractivity contribution in [3.63, 3.8) is 0 Å². The first-order valence-electron chi connectivity index (χ1n) is 11.5. The van der Waals surface area contributed by atoms with Crippen LogP contribution in [0.25, 0.3) is 0 Å². The van der Waals surface area contributed by atoms with Gasteiger partial charge in [-0.15, -0.1) is 0 Å². The highest BCUT2D eigenvalue weighted by Gasteiger charge is 2.48. The second kappa shape index (κ2) is 13.3. The van der Waals surface area contributed by atoms with E-state index in [0.29, 0.717) is 19.8 Å². The van der Waals surface area contributed by atoms with Crippen LogP contribution in [-0.4, -0.2) is 42.2 Å². The highest BCUT2D eigenvalue weighted by atomic mass is 127. The molecule has 1 aliphatic heterocycles. The lowest BCUT2D eigenvalue weighted by Crippen LogP contribution is -2.61. The van der Waals surface area contributed by atoms with Gasteiger partial charge < -0.3 is 23.7 Å². The molecule has 0 radical (unpaired) electrons. The maximum atomic E-state index is 6.52. The molecule has 1 heterocycles. The van der Waals surface area contributed by atoms with Crippen molar-refractivity contribution in [2.75, 3.05) is 11.5 Å². The number of alkyl halides is 1. The molecular formula is C28H31IO5.